The Morgan fingerprint density at radius 1 is 1.36 bits per heavy atom. The molecule has 14 heavy (non-hydrogen) atoms. The molecular weight excluding hydrogens is 182 g/mol. The van der Waals surface area contributed by atoms with Gasteiger partial charge in [0.15, 0.2) is 5.82 Å². The van der Waals surface area contributed by atoms with Gasteiger partial charge in [0.2, 0.25) is 5.89 Å². The molecule has 2 N–H and O–H groups in total. The summed E-state index contributed by atoms with van der Waals surface area (Å²) in [5.41, 5.74) is 0. The minimum Gasteiger partial charge on any atom is -0.396 e. The van der Waals surface area contributed by atoms with E-state index in [9.17, 15) is 0 Å². The molecule has 0 aromatic carbocycles. The molecule has 1 aromatic rings. The van der Waals surface area contributed by atoms with E-state index in [1.807, 2.05) is 0 Å². The number of aryl methyl sites for hydroxylation is 1. The molecule has 0 radical (unpaired) electrons. The Bertz CT molecular complexity index is 250. The Morgan fingerprint density at radius 2 is 2.21 bits per heavy atom. The molecule has 80 valence electrons. The minimum absolute atomic E-state index is 0.281. The molecule has 0 atom stereocenters. The van der Waals surface area contributed by atoms with E-state index in [0.717, 1.165) is 25.8 Å². The summed E-state index contributed by atoms with van der Waals surface area (Å²) in [6.45, 7) is 3.62. The maximum atomic E-state index is 8.55. The standard InChI is InChI=1S/C9H17N3O2/c1-8-11-9(14-12-8)7-10-5-3-2-4-6-13/h10,13H,2-7H2,1H3. The van der Waals surface area contributed by atoms with Crippen molar-refractivity contribution in [3.63, 3.8) is 0 Å². The van der Waals surface area contributed by atoms with Crippen LogP contribution in [0, 0.1) is 6.92 Å². The number of unbranched alkanes of at least 4 members (excludes halogenated alkanes) is 2. The van der Waals surface area contributed by atoms with Gasteiger partial charge in [-0.3, -0.25) is 0 Å². The molecule has 0 amide bonds. The molecule has 0 spiro atoms. The SMILES string of the molecule is Cc1noc(CNCCCCCO)n1. The quantitative estimate of drug-likeness (QED) is 0.630. The molecule has 0 aliphatic rings. The molecule has 5 heteroatoms. The predicted octanol–water partition coefficient (Wildman–Crippen LogP) is 0.630. The van der Waals surface area contributed by atoms with Crippen molar-refractivity contribution in [2.45, 2.75) is 32.7 Å². The van der Waals surface area contributed by atoms with Crippen LogP contribution >= 0.6 is 0 Å². The van der Waals surface area contributed by atoms with Crippen LogP contribution in [0.15, 0.2) is 4.52 Å². The highest BCUT2D eigenvalue weighted by Crippen LogP contribution is 1.96. The van der Waals surface area contributed by atoms with Crippen molar-refractivity contribution in [2.75, 3.05) is 13.2 Å². The maximum Gasteiger partial charge on any atom is 0.240 e. The average Bonchev–Trinajstić information content (AvgIpc) is 2.58. The Labute approximate surface area is 83.5 Å². The molecule has 1 heterocycles. The monoisotopic (exact) mass is 199 g/mol. The van der Waals surface area contributed by atoms with Gasteiger partial charge in [-0.25, -0.2) is 0 Å². The van der Waals surface area contributed by atoms with Crippen molar-refractivity contribution in [3.8, 4) is 0 Å². The van der Waals surface area contributed by atoms with Crippen LogP contribution in [0.25, 0.3) is 0 Å². The molecule has 1 rings (SSSR count). The highest BCUT2D eigenvalue weighted by Gasteiger charge is 2.00. The molecule has 0 fully saturated rings. The third kappa shape index (κ3) is 4.34. The number of nitrogens with one attached hydrogen (secondary N) is 1. The van der Waals surface area contributed by atoms with Gasteiger partial charge in [0.25, 0.3) is 0 Å². The molecule has 0 saturated heterocycles. The first-order chi connectivity index (χ1) is 6.83. The fraction of sp³-hybridized carbons (Fsp3) is 0.778. The lowest BCUT2D eigenvalue weighted by molar-refractivity contribution is 0.282. The zero-order chi connectivity index (χ0) is 10.2. The Morgan fingerprint density at radius 3 is 2.86 bits per heavy atom. The van der Waals surface area contributed by atoms with Gasteiger partial charge in [-0.15, -0.1) is 0 Å². The van der Waals surface area contributed by atoms with Gasteiger partial charge in [-0.1, -0.05) is 5.16 Å². The second-order valence-corrected chi connectivity index (χ2v) is 3.20. The van der Waals surface area contributed by atoms with Gasteiger partial charge >= 0.3 is 0 Å². The Hall–Kier alpha value is -0.940. The Balaban J connectivity index is 1.99. The molecule has 1 aromatic heterocycles. The first-order valence-electron chi connectivity index (χ1n) is 4.93. The number of hydrogen-bond donors (Lipinski definition) is 2. The fourth-order valence-electron chi connectivity index (χ4n) is 1.15. The van der Waals surface area contributed by atoms with Gasteiger partial charge in [-0.05, 0) is 32.7 Å². The normalized spacial score (nSPS) is 10.7. The second kappa shape index (κ2) is 6.50. The van der Waals surface area contributed by atoms with Gasteiger partial charge in [0, 0.05) is 6.61 Å². The van der Waals surface area contributed by atoms with Crippen LogP contribution in [-0.2, 0) is 6.54 Å². The molecular formula is C9H17N3O2. The van der Waals surface area contributed by atoms with Crippen molar-refractivity contribution in [2.24, 2.45) is 0 Å². The van der Waals surface area contributed by atoms with Crippen molar-refractivity contribution >= 4 is 0 Å². The molecule has 0 unspecified atom stereocenters. The van der Waals surface area contributed by atoms with E-state index < -0.39 is 0 Å². The first-order valence-corrected chi connectivity index (χ1v) is 4.93. The summed E-state index contributed by atoms with van der Waals surface area (Å²) in [6, 6.07) is 0. The van der Waals surface area contributed by atoms with Crippen LogP contribution < -0.4 is 5.32 Å². The van der Waals surface area contributed by atoms with E-state index in [-0.39, 0.29) is 6.61 Å². The number of aliphatic hydroxyl groups excluding tert-OH is 1. The zero-order valence-electron chi connectivity index (χ0n) is 8.49. The highest BCUT2D eigenvalue weighted by atomic mass is 16.5. The highest BCUT2D eigenvalue weighted by molar-refractivity contribution is 4.81. The van der Waals surface area contributed by atoms with Crippen molar-refractivity contribution in [3.05, 3.63) is 11.7 Å². The van der Waals surface area contributed by atoms with Gasteiger partial charge in [-0.2, -0.15) is 4.98 Å². The lowest BCUT2D eigenvalue weighted by Crippen LogP contribution is -2.14. The van der Waals surface area contributed by atoms with E-state index in [1.54, 1.807) is 6.92 Å². The summed E-state index contributed by atoms with van der Waals surface area (Å²) in [7, 11) is 0. The number of aromatic nitrogens is 2. The largest absolute Gasteiger partial charge is 0.396 e. The summed E-state index contributed by atoms with van der Waals surface area (Å²) in [5, 5.41) is 15.4. The van der Waals surface area contributed by atoms with E-state index in [4.69, 9.17) is 9.63 Å². The van der Waals surface area contributed by atoms with Crippen molar-refractivity contribution < 1.29 is 9.63 Å². The topological polar surface area (TPSA) is 71.2 Å². The summed E-state index contributed by atoms with van der Waals surface area (Å²) in [4.78, 5) is 4.06. The number of hydrogen-bond acceptors (Lipinski definition) is 5. The summed E-state index contributed by atoms with van der Waals surface area (Å²) in [5.74, 6) is 1.30. The smallest absolute Gasteiger partial charge is 0.240 e. The van der Waals surface area contributed by atoms with Gasteiger partial charge in [0.05, 0.1) is 6.54 Å². The van der Waals surface area contributed by atoms with E-state index >= 15 is 0 Å². The lowest BCUT2D eigenvalue weighted by Gasteiger charge is -2.00. The molecule has 5 nitrogen and oxygen atoms in total. The van der Waals surface area contributed by atoms with Crippen LogP contribution in [0.5, 0.6) is 0 Å². The van der Waals surface area contributed by atoms with E-state index in [1.165, 1.54) is 0 Å². The van der Waals surface area contributed by atoms with Crippen LogP contribution in [0.3, 0.4) is 0 Å². The summed E-state index contributed by atoms with van der Waals surface area (Å²) < 4.78 is 4.93. The maximum absolute atomic E-state index is 8.55. The summed E-state index contributed by atoms with van der Waals surface area (Å²) >= 11 is 0. The average molecular weight is 199 g/mol. The number of aliphatic hydroxyl groups is 1. The van der Waals surface area contributed by atoms with E-state index in [2.05, 4.69) is 15.5 Å². The molecule has 0 bridgehead atoms. The predicted molar refractivity (Wildman–Crippen MR) is 51.7 cm³/mol. The molecule has 0 aliphatic carbocycles. The van der Waals surface area contributed by atoms with Gasteiger partial charge in [0.1, 0.15) is 0 Å². The molecule has 0 aliphatic heterocycles. The third-order valence-corrected chi connectivity index (χ3v) is 1.86. The fourth-order valence-corrected chi connectivity index (χ4v) is 1.15. The second-order valence-electron chi connectivity index (χ2n) is 3.20. The Kier molecular flexibility index (Phi) is 5.17. The molecule has 0 saturated carbocycles. The van der Waals surface area contributed by atoms with Crippen LogP contribution in [0.4, 0.5) is 0 Å². The van der Waals surface area contributed by atoms with Crippen molar-refractivity contribution in [1.82, 2.24) is 15.5 Å². The third-order valence-electron chi connectivity index (χ3n) is 1.86. The van der Waals surface area contributed by atoms with Crippen molar-refractivity contribution in [1.29, 1.82) is 0 Å². The van der Waals surface area contributed by atoms with E-state index in [0.29, 0.717) is 18.3 Å². The number of nitrogens with zero attached hydrogens (tertiary/aromatic N) is 2. The summed E-state index contributed by atoms with van der Waals surface area (Å²) in [6.07, 6.45) is 2.99. The first kappa shape index (κ1) is 11.1. The van der Waals surface area contributed by atoms with Gasteiger partial charge < -0.3 is 14.9 Å². The zero-order valence-corrected chi connectivity index (χ0v) is 8.49. The van der Waals surface area contributed by atoms with Crippen LogP contribution in [0.2, 0.25) is 0 Å². The van der Waals surface area contributed by atoms with Crippen LogP contribution in [0.1, 0.15) is 31.0 Å². The number of rotatable bonds is 7. The minimum atomic E-state index is 0.281. The van der Waals surface area contributed by atoms with Crippen LogP contribution in [-0.4, -0.2) is 28.4 Å². The lowest BCUT2D eigenvalue weighted by atomic mass is 10.2.